The molecule has 0 aliphatic carbocycles. The smallest absolute Gasteiger partial charge is 0.220 e. The van der Waals surface area contributed by atoms with Crippen LogP contribution in [0.4, 0.5) is 0 Å². The van der Waals surface area contributed by atoms with Crippen molar-refractivity contribution in [3.8, 4) is 0 Å². The second-order valence-electron chi connectivity index (χ2n) is 3.10. The molecule has 0 fully saturated rings. The predicted molar refractivity (Wildman–Crippen MR) is 61.4 cm³/mol. The van der Waals surface area contributed by atoms with E-state index in [-0.39, 0.29) is 5.91 Å². The monoisotopic (exact) mass is 217 g/mol. The first-order chi connectivity index (χ1) is 6.66. The Labute approximate surface area is 90.0 Å². The van der Waals surface area contributed by atoms with Crippen LogP contribution in [0.5, 0.6) is 0 Å². The summed E-state index contributed by atoms with van der Waals surface area (Å²) in [5, 5.41) is 11.7. The zero-order valence-corrected chi connectivity index (χ0v) is 9.48. The topological polar surface area (TPSA) is 49.3 Å². The second kappa shape index (κ2) is 9.09. The minimum Gasteiger partial charge on any atom is -0.393 e. The van der Waals surface area contributed by atoms with Gasteiger partial charge < -0.3 is 10.4 Å². The van der Waals surface area contributed by atoms with Crippen LogP contribution in [0.15, 0.2) is 12.7 Å². The fourth-order valence-electron chi connectivity index (χ4n) is 0.858. The van der Waals surface area contributed by atoms with Crippen LogP contribution in [0.2, 0.25) is 0 Å². The van der Waals surface area contributed by atoms with Gasteiger partial charge in [0, 0.05) is 24.5 Å². The molecule has 0 spiro atoms. The summed E-state index contributed by atoms with van der Waals surface area (Å²) in [6.07, 6.45) is 2.39. The van der Waals surface area contributed by atoms with Gasteiger partial charge in [0.15, 0.2) is 0 Å². The lowest BCUT2D eigenvalue weighted by Gasteiger charge is -2.05. The summed E-state index contributed by atoms with van der Waals surface area (Å²) in [7, 11) is 0. The van der Waals surface area contributed by atoms with Crippen LogP contribution in [-0.2, 0) is 4.79 Å². The van der Waals surface area contributed by atoms with Gasteiger partial charge in [-0.05, 0) is 13.3 Å². The van der Waals surface area contributed by atoms with Gasteiger partial charge in [0.1, 0.15) is 0 Å². The van der Waals surface area contributed by atoms with E-state index in [2.05, 4.69) is 11.9 Å². The maximum absolute atomic E-state index is 11.1. The van der Waals surface area contributed by atoms with Crippen molar-refractivity contribution in [2.24, 2.45) is 0 Å². The summed E-state index contributed by atoms with van der Waals surface area (Å²) < 4.78 is 0. The normalized spacial score (nSPS) is 12.1. The van der Waals surface area contributed by atoms with Crippen LogP contribution in [0, 0.1) is 0 Å². The van der Waals surface area contributed by atoms with Crippen LogP contribution >= 0.6 is 11.8 Å². The quantitative estimate of drug-likeness (QED) is 0.474. The van der Waals surface area contributed by atoms with E-state index in [9.17, 15) is 4.79 Å². The third-order valence-corrected chi connectivity index (χ3v) is 2.56. The Bertz CT molecular complexity index is 172. The molecular weight excluding hydrogens is 198 g/mol. The molecule has 1 unspecified atom stereocenters. The SMILES string of the molecule is C=CCSCCNC(=O)CCC(C)O. The standard InChI is InChI=1S/C10H19NO2S/c1-3-7-14-8-6-11-10(13)5-4-9(2)12/h3,9,12H,1,4-8H2,2H3,(H,11,13). The van der Waals surface area contributed by atoms with Gasteiger partial charge in [-0.15, -0.1) is 6.58 Å². The summed E-state index contributed by atoms with van der Waals surface area (Å²) in [6, 6.07) is 0. The number of hydrogen-bond acceptors (Lipinski definition) is 3. The van der Waals surface area contributed by atoms with E-state index in [4.69, 9.17) is 5.11 Å². The summed E-state index contributed by atoms with van der Waals surface area (Å²) in [5.74, 6) is 1.85. The number of nitrogens with one attached hydrogen (secondary N) is 1. The molecule has 0 aliphatic rings. The molecule has 3 nitrogen and oxygen atoms in total. The number of aliphatic hydroxyl groups is 1. The Hall–Kier alpha value is -0.480. The molecule has 2 N–H and O–H groups in total. The lowest BCUT2D eigenvalue weighted by Crippen LogP contribution is -2.26. The van der Waals surface area contributed by atoms with E-state index in [0.29, 0.717) is 19.4 Å². The van der Waals surface area contributed by atoms with E-state index in [1.807, 2.05) is 6.08 Å². The molecule has 0 heterocycles. The Morgan fingerprint density at radius 2 is 2.43 bits per heavy atom. The second-order valence-corrected chi connectivity index (χ2v) is 4.25. The number of aliphatic hydroxyl groups excluding tert-OH is 1. The number of rotatable bonds is 8. The highest BCUT2D eigenvalue weighted by Crippen LogP contribution is 1.98. The third-order valence-electron chi connectivity index (χ3n) is 1.59. The number of carbonyl (C=O) groups is 1. The van der Waals surface area contributed by atoms with Gasteiger partial charge in [-0.1, -0.05) is 6.08 Å². The number of carbonyl (C=O) groups excluding carboxylic acids is 1. The van der Waals surface area contributed by atoms with Crippen molar-refractivity contribution >= 4 is 17.7 Å². The third kappa shape index (κ3) is 9.61. The number of hydrogen-bond donors (Lipinski definition) is 2. The molecule has 0 saturated carbocycles. The fraction of sp³-hybridized carbons (Fsp3) is 0.700. The van der Waals surface area contributed by atoms with Crippen molar-refractivity contribution in [2.45, 2.75) is 25.9 Å². The lowest BCUT2D eigenvalue weighted by atomic mass is 10.2. The predicted octanol–water partition coefficient (Wildman–Crippen LogP) is 1.18. The van der Waals surface area contributed by atoms with Crippen molar-refractivity contribution in [1.29, 1.82) is 0 Å². The largest absolute Gasteiger partial charge is 0.393 e. The maximum atomic E-state index is 11.1. The van der Waals surface area contributed by atoms with Gasteiger partial charge in [0.05, 0.1) is 6.10 Å². The van der Waals surface area contributed by atoms with E-state index in [0.717, 1.165) is 11.5 Å². The Kier molecular flexibility index (Phi) is 8.78. The molecule has 1 atom stereocenters. The molecule has 4 heteroatoms. The van der Waals surface area contributed by atoms with Gasteiger partial charge >= 0.3 is 0 Å². The molecule has 0 radical (unpaired) electrons. The van der Waals surface area contributed by atoms with Crippen molar-refractivity contribution in [3.63, 3.8) is 0 Å². The van der Waals surface area contributed by atoms with Crippen molar-refractivity contribution in [2.75, 3.05) is 18.1 Å². The number of thioether (sulfide) groups is 1. The summed E-state index contributed by atoms with van der Waals surface area (Å²) in [6.45, 7) is 5.99. The first-order valence-corrected chi connectivity index (χ1v) is 5.95. The average Bonchev–Trinajstić information content (AvgIpc) is 2.14. The maximum Gasteiger partial charge on any atom is 0.220 e. The summed E-state index contributed by atoms with van der Waals surface area (Å²) >= 11 is 1.74. The highest BCUT2D eigenvalue weighted by Gasteiger charge is 2.02. The average molecular weight is 217 g/mol. The van der Waals surface area contributed by atoms with Crippen LogP contribution in [0.1, 0.15) is 19.8 Å². The first-order valence-electron chi connectivity index (χ1n) is 4.80. The summed E-state index contributed by atoms with van der Waals surface area (Å²) in [5.41, 5.74) is 0. The molecular formula is C10H19NO2S. The lowest BCUT2D eigenvalue weighted by molar-refractivity contribution is -0.121. The van der Waals surface area contributed by atoms with Crippen LogP contribution in [0.3, 0.4) is 0 Å². The van der Waals surface area contributed by atoms with E-state index < -0.39 is 6.10 Å². The zero-order valence-electron chi connectivity index (χ0n) is 8.66. The molecule has 82 valence electrons. The molecule has 0 rings (SSSR count). The molecule has 0 aromatic rings. The molecule has 0 saturated heterocycles. The Balaban J connectivity index is 3.22. The van der Waals surface area contributed by atoms with Gasteiger partial charge in [-0.2, -0.15) is 11.8 Å². The highest BCUT2D eigenvalue weighted by molar-refractivity contribution is 7.99. The van der Waals surface area contributed by atoms with E-state index in [1.165, 1.54) is 0 Å². The van der Waals surface area contributed by atoms with Crippen LogP contribution in [0.25, 0.3) is 0 Å². The Morgan fingerprint density at radius 1 is 1.71 bits per heavy atom. The zero-order chi connectivity index (χ0) is 10.8. The fourth-order valence-corrected chi connectivity index (χ4v) is 1.44. The molecule has 1 amide bonds. The molecule has 0 aromatic heterocycles. The van der Waals surface area contributed by atoms with Crippen molar-refractivity contribution in [3.05, 3.63) is 12.7 Å². The summed E-state index contributed by atoms with van der Waals surface area (Å²) in [4.78, 5) is 11.1. The minimum absolute atomic E-state index is 0.0186. The molecule has 0 bridgehead atoms. The van der Waals surface area contributed by atoms with Crippen molar-refractivity contribution in [1.82, 2.24) is 5.32 Å². The molecule has 0 aromatic carbocycles. The minimum atomic E-state index is -0.393. The van der Waals surface area contributed by atoms with E-state index >= 15 is 0 Å². The van der Waals surface area contributed by atoms with Gasteiger partial charge in [-0.3, -0.25) is 4.79 Å². The first kappa shape index (κ1) is 13.5. The highest BCUT2D eigenvalue weighted by atomic mass is 32.2. The molecule has 0 aliphatic heterocycles. The van der Waals surface area contributed by atoms with Gasteiger partial charge in [0.25, 0.3) is 0 Å². The Morgan fingerprint density at radius 3 is 3.00 bits per heavy atom. The van der Waals surface area contributed by atoms with Gasteiger partial charge in [0.2, 0.25) is 5.91 Å². The van der Waals surface area contributed by atoms with Crippen LogP contribution < -0.4 is 5.32 Å². The number of amides is 1. The molecule has 14 heavy (non-hydrogen) atoms. The van der Waals surface area contributed by atoms with Crippen molar-refractivity contribution < 1.29 is 9.90 Å². The van der Waals surface area contributed by atoms with Gasteiger partial charge in [-0.25, -0.2) is 0 Å². The van der Waals surface area contributed by atoms with E-state index in [1.54, 1.807) is 18.7 Å². The van der Waals surface area contributed by atoms with Crippen LogP contribution in [-0.4, -0.2) is 35.2 Å².